The fourth-order valence-electron chi connectivity index (χ4n) is 1.93. The fourth-order valence-corrected chi connectivity index (χ4v) is 1.93. The van der Waals surface area contributed by atoms with Crippen molar-refractivity contribution in [1.29, 1.82) is 0 Å². The van der Waals surface area contributed by atoms with E-state index in [1.165, 1.54) is 18.3 Å². The van der Waals surface area contributed by atoms with Crippen molar-refractivity contribution in [3.63, 3.8) is 0 Å². The molecule has 25 heavy (non-hydrogen) atoms. The van der Waals surface area contributed by atoms with Crippen LogP contribution >= 0.6 is 0 Å². The van der Waals surface area contributed by atoms with Crippen molar-refractivity contribution < 1.29 is 14.6 Å². The molecule has 1 aromatic carbocycles. The molecule has 1 rings (SSSR count). The second-order valence-electron chi connectivity index (χ2n) is 4.79. The summed E-state index contributed by atoms with van der Waals surface area (Å²) in [5.41, 5.74) is 1.81. The number of hydrogen-bond acceptors (Lipinski definition) is 7. The molecule has 0 aliphatic rings. The number of nitro groups is 2. The van der Waals surface area contributed by atoms with E-state index in [-0.39, 0.29) is 17.5 Å². The molecule has 0 aliphatic heterocycles. The summed E-state index contributed by atoms with van der Waals surface area (Å²) in [6.07, 6.45) is 9.49. The molecule has 0 bridgehead atoms. The van der Waals surface area contributed by atoms with Gasteiger partial charge in [-0.15, -0.1) is 0 Å². The van der Waals surface area contributed by atoms with E-state index in [0.717, 1.165) is 6.07 Å². The molecule has 9 nitrogen and oxygen atoms in total. The highest BCUT2D eigenvalue weighted by Crippen LogP contribution is 2.28. The quantitative estimate of drug-likeness (QED) is 0.297. The molecule has 0 amide bonds. The van der Waals surface area contributed by atoms with Gasteiger partial charge in [-0.05, 0) is 32.4 Å². The van der Waals surface area contributed by atoms with Crippen molar-refractivity contribution in [3.8, 4) is 0 Å². The maximum atomic E-state index is 11.0. The molecule has 1 unspecified atom stereocenters. The van der Waals surface area contributed by atoms with Crippen LogP contribution in [0.2, 0.25) is 0 Å². The second kappa shape index (κ2) is 10.7. The summed E-state index contributed by atoms with van der Waals surface area (Å²) in [5, 5.41) is 25.5. The van der Waals surface area contributed by atoms with E-state index in [0.29, 0.717) is 13.0 Å². The Balaban J connectivity index is 2.68. The topological polar surface area (TPSA) is 120 Å². The van der Waals surface area contributed by atoms with Crippen LogP contribution in [0.5, 0.6) is 0 Å². The van der Waals surface area contributed by atoms with Gasteiger partial charge in [0.1, 0.15) is 5.69 Å². The van der Waals surface area contributed by atoms with Gasteiger partial charge in [0.2, 0.25) is 0 Å². The van der Waals surface area contributed by atoms with Gasteiger partial charge in [0, 0.05) is 18.9 Å². The van der Waals surface area contributed by atoms with E-state index in [2.05, 4.69) is 10.5 Å². The molecule has 0 heterocycles. The zero-order valence-corrected chi connectivity index (χ0v) is 14.0. The number of ether oxygens (including phenoxy) is 1. The Morgan fingerprint density at radius 3 is 2.68 bits per heavy atom. The minimum Gasteiger partial charge on any atom is -0.374 e. The molecule has 1 atom stereocenters. The lowest BCUT2D eigenvalue weighted by Crippen LogP contribution is -2.07. The normalized spacial score (nSPS) is 12.9. The highest BCUT2D eigenvalue weighted by Gasteiger charge is 2.18. The number of anilines is 1. The maximum Gasteiger partial charge on any atom is 0.301 e. The predicted molar refractivity (Wildman–Crippen MR) is 95.9 cm³/mol. The molecular weight excluding hydrogens is 328 g/mol. The summed E-state index contributed by atoms with van der Waals surface area (Å²) in [6, 6.07) is 3.30. The summed E-state index contributed by atoms with van der Waals surface area (Å²) in [6.45, 7) is 4.45. The smallest absolute Gasteiger partial charge is 0.301 e. The molecule has 0 aliphatic carbocycles. The minimum atomic E-state index is -0.704. The van der Waals surface area contributed by atoms with Crippen LogP contribution in [0.15, 0.2) is 47.6 Å². The highest BCUT2D eigenvalue weighted by atomic mass is 16.6. The summed E-state index contributed by atoms with van der Waals surface area (Å²) in [7, 11) is 0. The van der Waals surface area contributed by atoms with E-state index in [4.69, 9.17) is 4.74 Å². The summed E-state index contributed by atoms with van der Waals surface area (Å²) in [5.74, 6) is 0. The number of nitro benzene ring substituents is 2. The second-order valence-corrected chi connectivity index (χ2v) is 4.79. The number of nitrogens with zero attached hydrogens (tertiary/aromatic N) is 3. The van der Waals surface area contributed by atoms with Crippen LogP contribution in [0, 0.1) is 20.2 Å². The molecule has 9 heteroatoms. The van der Waals surface area contributed by atoms with Crippen LogP contribution in [-0.2, 0) is 4.74 Å². The molecular formula is C16H20N4O5. The van der Waals surface area contributed by atoms with E-state index in [1.807, 2.05) is 32.1 Å². The zero-order chi connectivity index (χ0) is 18.7. The van der Waals surface area contributed by atoms with Crippen LogP contribution in [0.3, 0.4) is 0 Å². The first-order valence-electron chi connectivity index (χ1n) is 7.61. The Morgan fingerprint density at radius 1 is 1.32 bits per heavy atom. The third kappa shape index (κ3) is 6.92. The van der Waals surface area contributed by atoms with Gasteiger partial charge in [-0.25, -0.2) is 0 Å². The average Bonchev–Trinajstić information content (AvgIpc) is 2.58. The third-order valence-corrected chi connectivity index (χ3v) is 3.03. The van der Waals surface area contributed by atoms with Gasteiger partial charge in [-0.2, -0.15) is 5.10 Å². The van der Waals surface area contributed by atoms with Crippen molar-refractivity contribution in [1.82, 2.24) is 0 Å². The first-order chi connectivity index (χ1) is 12.0. The maximum absolute atomic E-state index is 11.0. The standard InChI is InChI=1S/C16H20N4O5/c1-3-7-14(25-4-2)8-5-6-11-17-18-15-10-9-13(19(21)22)12-16(15)20(23)24/h3,5-7,9-12,14,18H,4,8H2,1-2H3/b6-5+,7-3+,17-11+. The third-order valence-electron chi connectivity index (χ3n) is 3.03. The Kier molecular flexibility index (Phi) is 8.52. The van der Waals surface area contributed by atoms with E-state index < -0.39 is 15.5 Å². The number of nitrogens with one attached hydrogen (secondary N) is 1. The van der Waals surface area contributed by atoms with Gasteiger partial charge in [-0.1, -0.05) is 18.2 Å². The number of hydrazone groups is 1. The van der Waals surface area contributed by atoms with Crippen molar-refractivity contribution >= 4 is 23.3 Å². The highest BCUT2D eigenvalue weighted by molar-refractivity contribution is 5.73. The van der Waals surface area contributed by atoms with E-state index >= 15 is 0 Å². The molecule has 1 aromatic rings. The average molecular weight is 348 g/mol. The van der Waals surface area contributed by atoms with Crippen molar-refractivity contribution in [2.45, 2.75) is 26.4 Å². The Morgan fingerprint density at radius 2 is 2.08 bits per heavy atom. The van der Waals surface area contributed by atoms with E-state index in [1.54, 1.807) is 6.08 Å². The SMILES string of the molecule is C/C=C/C(C/C=C/C=N/Nc1ccc([N+](=O)[O-])cc1[N+](=O)[O-])OCC. The number of rotatable bonds is 10. The molecule has 134 valence electrons. The zero-order valence-electron chi connectivity index (χ0n) is 14.0. The number of hydrogen-bond donors (Lipinski definition) is 1. The van der Waals surface area contributed by atoms with Gasteiger partial charge in [-0.3, -0.25) is 25.7 Å². The molecule has 0 spiro atoms. The molecule has 0 aromatic heterocycles. The van der Waals surface area contributed by atoms with Crippen molar-refractivity contribution in [3.05, 3.63) is 62.7 Å². The fraction of sp³-hybridized carbons (Fsp3) is 0.312. The van der Waals surface area contributed by atoms with Crippen molar-refractivity contribution in [2.24, 2.45) is 5.10 Å². The Labute approximate surface area is 145 Å². The van der Waals surface area contributed by atoms with Crippen LogP contribution in [-0.4, -0.2) is 28.8 Å². The van der Waals surface area contributed by atoms with Crippen LogP contribution in [0.1, 0.15) is 20.3 Å². The van der Waals surface area contributed by atoms with Gasteiger partial charge in [0.25, 0.3) is 5.69 Å². The van der Waals surface area contributed by atoms with Gasteiger partial charge >= 0.3 is 5.69 Å². The van der Waals surface area contributed by atoms with Gasteiger partial charge < -0.3 is 4.74 Å². The first-order valence-corrected chi connectivity index (χ1v) is 7.61. The molecule has 0 radical (unpaired) electrons. The number of non-ortho nitro benzene ring substituents is 1. The summed E-state index contributed by atoms with van der Waals surface area (Å²) in [4.78, 5) is 20.3. The largest absolute Gasteiger partial charge is 0.374 e. The van der Waals surface area contributed by atoms with Crippen LogP contribution < -0.4 is 5.43 Å². The first kappa shape index (κ1) is 20.0. The summed E-state index contributed by atoms with van der Waals surface area (Å²) >= 11 is 0. The van der Waals surface area contributed by atoms with Gasteiger partial charge in [0.15, 0.2) is 0 Å². The van der Waals surface area contributed by atoms with Crippen LogP contribution in [0.4, 0.5) is 17.1 Å². The number of benzene rings is 1. The molecule has 1 N–H and O–H groups in total. The number of allylic oxidation sites excluding steroid dienone is 2. The molecule has 0 fully saturated rings. The lowest BCUT2D eigenvalue weighted by Gasteiger charge is -2.09. The lowest BCUT2D eigenvalue weighted by molar-refractivity contribution is -0.393. The van der Waals surface area contributed by atoms with Crippen LogP contribution in [0.25, 0.3) is 0 Å². The minimum absolute atomic E-state index is 0.0108. The predicted octanol–water partition coefficient (Wildman–Crippen LogP) is 3.83. The van der Waals surface area contributed by atoms with E-state index in [9.17, 15) is 20.2 Å². The monoisotopic (exact) mass is 348 g/mol. The molecule has 0 saturated carbocycles. The Bertz CT molecular complexity index is 685. The lowest BCUT2D eigenvalue weighted by atomic mass is 10.2. The van der Waals surface area contributed by atoms with Crippen molar-refractivity contribution in [2.75, 3.05) is 12.0 Å². The summed E-state index contributed by atoms with van der Waals surface area (Å²) < 4.78 is 5.50. The van der Waals surface area contributed by atoms with Gasteiger partial charge in [0.05, 0.1) is 22.0 Å². The molecule has 0 saturated heterocycles. The Hall–Kier alpha value is -3.07.